The first kappa shape index (κ1) is 14.3. The molecule has 2 N–H and O–H groups in total. The molecule has 3 rings (SSSR count). The first-order valence-electron chi connectivity index (χ1n) is 6.63. The van der Waals surface area contributed by atoms with E-state index < -0.39 is 5.91 Å². The lowest BCUT2D eigenvalue weighted by molar-refractivity contribution is 0.0949. The smallest absolute Gasteiger partial charge is 0.257 e. The van der Waals surface area contributed by atoms with Crippen LogP contribution in [0.4, 0.5) is 0 Å². The Morgan fingerprint density at radius 3 is 2.77 bits per heavy atom. The van der Waals surface area contributed by atoms with Crippen molar-refractivity contribution in [1.29, 1.82) is 0 Å². The fraction of sp³-hybridized carbons (Fsp3) is 0.0625. The molecule has 1 aromatic carbocycles. The van der Waals surface area contributed by atoms with Crippen LogP contribution in [0.2, 0.25) is 5.02 Å². The highest BCUT2D eigenvalue weighted by Gasteiger charge is 2.12. The molecule has 2 aromatic heterocycles. The second-order valence-electron chi connectivity index (χ2n) is 4.76. The molecule has 0 aliphatic rings. The van der Waals surface area contributed by atoms with Crippen molar-refractivity contribution in [2.45, 2.75) is 6.54 Å². The van der Waals surface area contributed by atoms with Crippen molar-refractivity contribution >= 4 is 28.4 Å². The minimum atomic E-state index is -0.421. The molecule has 1 amide bonds. The molecule has 2 heterocycles. The molecule has 0 aliphatic carbocycles. The Bertz CT molecular complexity index is 891. The monoisotopic (exact) mass is 313 g/mol. The fourth-order valence-corrected chi connectivity index (χ4v) is 2.31. The van der Waals surface area contributed by atoms with Gasteiger partial charge in [-0.25, -0.2) is 0 Å². The first-order valence-corrected chi connectivity index (χ1v) is 7.01. The van der Waals surface area contributed by atoms with Gasteiger partial charge in [0.2, 0.25) is 5.43 Å². The lowest BCUT2D eigenvalue weighted by atomic mass is 10.1. The van der Waals surface area contributed by atoms with Crippen LogP contribution < -0.4 is 10.7 Å². The third-order valence-electron chi connectivity index (χ3n) is 3.29. The topological polar surface area (TPSA) is 74.8 Å². The van der Waals surface area contributed by atoms with Gasteiger partial charge in [-0.15, -0.1) is 0 Å². The van der Waals surface area contributed by atoms with Crippen molar-refractivity contribution in [1.82, 2.24) is 15.3 Å². The predicted octanol–water partition coefficient (Wildman–Crippen LogP) is 2.51. The van der Waals surface area contributed by atoms with Gasteiger partial charge in [0.05, 0.1) is 5.52 Å². The van der Waals surface area contributed by atoms with Crippen molar-refractivity contribution in [3.05, 3.63) is 75.3 Å². The Morgan fingerprint density at radius 1 is 1.23 bits per heavy atom. The lowest BCUT2D eigenvalue weighted by Crippen LogP contribution is -2.28. The SMILES string of the molecule is O=C(NCc1ccncc1)c1c[nH]c2cc(Cl)ccc2c1=O. The van der Waals surface area contributed by atoms with Gasteiger partial charge in [-0.05, 0) is 35.9 Å². The van der Waals surface area contributed by atoms with Gasteiger partial charge < -0.3 is 10.3 Å². The molecule has 0 saturated carbocycles. The maximum atomic E-state index is 12.4. The van der Waals surface area contributed by atoms with E-state index in [-0.39, 0.29) is 11.0 Å². The summed E-state index contributed by atoms with van der Waals surface area (Å²) in [4.78, 5) is 31.4. The predicted molar refractivity (Wildman–Crippen MR) is 85.0 cm³/mol. The van der Waals surface area contributed by atoms with Crippen LogP contribution in [0.25, 0.3) is 10.9 Å². The number of fused-ring (bicyclic) bond motifs is 1. The zero-order chi connectivity index (χ0) is 15.5. The van der Waals surface area contributed by atoms with Crippen LogP contribution >= 0.6 is 11.6 Å². The summed E-state index contributed by atoms with van der Waals surface area (Å²) in [6.07, 6.45) is 4.70. The third kappa shape index (κ3) is 2.84. The van der Waals surface area contributed by atoms with E-state index in [1.807, 2.05) is 0 Å². The molecular weight excluding hydrogens is 302 g/mol. The Morgan fingerprint density at radius 2 is 2.00 bits per heavy atom. The minimum Gasteiger partial charge on any atom is -0.360 e. The van der Waals surface area contributed by atoms with Crippen molar-refractivity contribution in [2.24, 2.45) is 0 Å². The number of halogens is 1. The fourth-order valence-electron chi connectivity index (χ4n) is 2.14. The maximum Gasteiger partial charge on any atom is 0.257 e. The van der Waals surface area contributed by atoms with E-state index in [0.29, 0.717) is 22.5 Å². The number of nitrogens with zero attached hydrogens (tertiary/aromatic N) is 1. The highest BCUT2D eigenvalue weighted by atomic mass is 35.5. The summed E-state index contributed by atoms with van der Waals surface area (Å²) < 4.78 is 0. The highest BCUT2D eigenvalue weighted by Crippen LogP contribution is 2.15. The van der Waals surface area contributed by atoms with Gasteiger partial charge in [-0.3, -0.25) is 14.6 Å². The second-order valence-corrected chi connectivity index (χ2v) is 5.20. The van der Waals surface area contributed by atoms with Crippen LogP contribution in [-0.2, 0) is 6.54 Å². The number of carbonyl (C=O) groups is 1. The molecule has 0 radical (unpaired) electrons. The molecule has 6 heteroatoms. The Hall–Kier alpha value is -2.66. The number of hydrogen-bond acceptors (Lipinski definition) is 3. The number of aromatic amines is 1. The number of benzene rings is 1. The molecule has 3 aromatic rings. The zero-order valence-electron chi connectivity index (χ0n) is 11.5. The number of amides is 1. The molecule has 0 spiro atoms. The number of pyridine rings is 2. The first-order chi connectivity index (χ1) is 10.6. The summed E-state index contributed by atoms with van der Waals surface area (Å²) in [6.45, 7) is 0.333. The van der Waals surface area contributed by atoms with Crippen molar-refractivity contribution in [3.63, 3.8) is 0 Å². The average Bonchev–Trinajstić information content (AvgIpc) is 2.54. The summed E-state index contributed by atoms with van der Waals surface area (Å²) in [5, 5.41) is 3.68. The molecular formula is C16H12ClN3O2. The van der Waals surface area contributed by atoms with Crippen LogP contribution in [0.5, 0.6) is 0 Å². The third-order valence-corrected chi connectivity index (χ3v) is 3.53. The van der Waals surface area contributed by atoms with Gasteiger partial charge in [-0.1, -0.05) is 11.6 Å². The number of H-pyrrole nitrogens is 1. The summed E-state index contributed by atoms with van der Waals surface area (Å²) in [7, 11) is 0. The summed E-state index contributed by atoms with van der Waals surface area (Å²) >= 11 is 5.88. The van der Waals surface area contributed by atoms with E-state index in [9.17, 15) is 9.59 Å². The number of nitrogens with one attached hydrogen (secondary N) is 2. The van der Waals surface area contributed by atoms with Gasteiger partial charge >= 0.3 is 0 Å². The molecule has 110 valence electrons. The van der Waals surface area contributed by atoms with Gasteiger partial charge in [0.25, 0.3) is 5.91 Å². The van der Waals surface area contributed by atoms with E-state index in [1.165, 1.54) is 6.20 Å². The van der Waals surface area contributed by atoms with E-state index in [4.69, 9.17) is 11.6 Å². The molecule has 0 saturated heterocycles. The van der Waals surface area contributed by atoms with Crippen LogP contribution in [0, 0.1) is 0 Å². The Kier molecular flexibility index (Phi) is 3.89. The quantitative estimate of drug-likeness (QED) is 0.780. The number of carbonyl (C=O) groups excluding carboxylic acids is 1. The van der Waals surface area contributed by atoms with Gasteiger partial charge in [0.15, 0.2) is 0 Å². The zero-order valence-corrected chi connectivity index (χ0v) is 12.2. The second kappa shape index (κ2) is 5.99. The molecule has 0 aliphatic heterocycles. The number of hydrogen-bond donors (Lipinski definition) is 2. The van der Waals surface area contributed by atoms with Gasteiger partial charge in [0.1, 0.15) is 5.56 Å². The Labute approximate surface area is 131 Å². The van der Waals surface area contributed by atoms with E-state index in [2.05, 4.69) is 15.3 Å². The molecule has 22 heavy (non-hydrogen) atoms. The number of aromatic nitrogens is 2. The normalized spacial score (nSPS) is 10.6. The molecule has 0 bridgehead atoms. The van der Waals surface area contributed by atoms with Crippen molar-refractivity contribution in [2.75, 3.05) is 0 Å². The minimum absolute atomic E-state index is 0.0730. The van der Waals surface area contributed by atoms with E-state index in [1.54, 1.807) is 42.7 Å². The summed E-state index contributed by atoms with van der Waals surface area (Å²) in [6, 6.07) is 8.48. The average molecular weight is 314 g/mol. The molecule has 0 fully saturated rings. The largest absolute Gasteiger partial charge is 0.360 e. The molecule has 0 unspecified atom stereocenters. The summed E-state index contributed by atoms with van der Waals surface area (Å²) in [5.74, 6) is -0.421. The van der Waals surface area contributed by atoms with Gasteiger partial charge in [0, 0.05) is 35.5 Å². The molecule has 0 atom stereocenters. The lowest BCUT2D eigenvalue weighted by Gasteiger charge is -2.06. The van der Waals surface area contributed by atoms with Gasteiger partial charge in [-0.2, -0.15) is 0 Å². The van der Waals surface area contributed by atoms with E-state index >= 15 is 0 Å². The Balaban J connectivity index is 1.87. The van der Waals surface area contributed by atoms with Crippen molar-refractivity contribution < 1.29 is 4.79 Å². The van der Waals surface area contributed by atoms with Crippen LogP contribution in [-0.4, -0.2) is 15.9 Å². The summed E-state index contributed by atoms with van der Waals surface area (Å²) in [5.41, 5.74) is 1.26. The highest BCUT2D eigenvalue weighted by molar-refractivity contribution is 6.31. The maximum absolute atomic E-state index is 12.4. The molecule has 5 nitrogen and oxygen atoms in total. The van der Waals surface area contributed by atoms with Crippen LogP contribution in [0.15, 0.2) is 53.7 Å². The number of rotatable bonds is 3. The van der Waals surface area contributed by atoms with Crippen molar-refractivity contribution in [3.8, 4) is 0 Å². The van der Waals surface area contributed by atoms with Crippen LogP contribution in [0.3, 0.4) is 0 Å². The standard InChI is InChI=1S/C16H12ClN3O2/c17-11-1-2-12-14(7-11)19-9-13(15(12)21)16(22)20-8-10-3-5-18-6-4-10/h1-7,9H,8H2,(H,19,21)(H,20,22). The van der Waals surface area contributed by atoms with Crippen LogP contribution in [0.1, 0.15) is 15.9 Å². The van der Waals surface area contributed by atoms with E-state index in [0.717, 1.165) is 5.56 Å².